The number of rotatable bonds is 16. The highest BCUT2D eigenvalue weighted by Crippen LogP contribution is 2.33. The zero-order chi connectivity index (χ0) is 25.0. The van der Waals surface area contributed by atoms with Crippen LogP contribution in [0.4, 0.5) is 4.79 Å². The molecule has 3 N–H and O–H groups in total. The SMILES string of the molecule is O=C(CCCCC1SCC2NC(=O)NC21)NCCOCCOCCCC(=O)ON1C(=O)CCC1=O. The van der Waals surface area contributed by atoms with Crippen molar-refractivity contribution in [1.82, 2.24) is 21.0 Å². The number of carbonyl (C=O) groups excluding carboxylic acids is 5. The lowest BCUT2D eigenvalue weighted by Crippen LogP contribution is -2.36. The Hall–Kier alpha value is -2.38. The number of nitrogens with zero attached hydrogens (tertiary/aromatic N) is 1. The summed E-state index contributed by atoms with van der Waals surface area (Å²) in [4.78, 5) is 62.5. The van der Waals surface area contributed by atoms with E-state index < -0.39 is 17.8 Å². The van der Waals surface area contributed by atoms with Crippen molar-refractivity contribution in [2.75, 3.05) is 38.7 Å². The molecule has 0 aromatic heterocycles. The molecule has 0 aromatic rings. The van der Waals surface area contributed by atoms with E-state index in [1.54, 1.807) is 0 Å². The van der Waals surface area contributed by atoms with E-state index in [2.05, 4.69) is 16.0 Å². The average molecular weight is 515 g/mol. The van der Waals surface area contributed by atoms with Crippen LogP contribution < -0.4 is 16.0 Å². The predicted octanol–water partition coefficient (Wildman–Crippen LogP) is 0.249. The van der Waals surface area contributed by atoms with Crippen molar-refractivity contribution in [2.24, 2.45) is 0 Å². The van der Waals surface area contributed by atoms with E-state index in [1.165, 1.54) is 0 Å². The van der Waals surface area contributed by atoms with Crippen molar-refractivity contribution in [3.05, 3.63) is 0 Å². The summed E-state index contributed by atoms with van der Waals surface area (Å²) in [5.74, 6) is -0.691. The van der Waals surface area contributed by atoms with Crippen molar-refractivity contribution in [1.29, 1.82) is 0 Å². The number of carbonyl (C=O) groups is 5. The maximum absolute atomic E-state index is 11.9. The van der Waals surface area contributed by atoms with Gasteiger partial charge in [-0.05, 0) is 19.3 Å². The summed E-state index contributed by atoms with van der Waals surface area (Å²) < 4.78 is 10.8. The van der Waals surface area contributed by atoms with Crippen molar-refractivity contribution < 1.29 is 38.3 Å². The number of thioether (sulfide) groups is 1. The van der Waals surface area contributed by atoms with Crippen LogP contribution in [0.1, 0.15) is 51.4 Å². The highest BCUT2D eigenvalue weighted by atomic mass is 32.2. The lowest BCUT2D eigenvalue weighted by Gasteiger charge is -2.16. The second-order valence-electron chi connectivity index (χ2n) is 8.59. The van der Waals surface area contributed by atoms with Crippen molar-refractivity contribution in [2.45, 2.75) is 68.7 Å². The van der Waals surface area contributed by atoms with Crippen LogP contribution in [0.2, 0.25) is 0 Å². The molecule has 0 bridgehead atoms. The van der Waals surface area contributed by atoms with Gasteiger partial charge in [-0.15, -0.1) is 5.06 Å². The van der Waals surface area contributed by atoms with Crippen LogP contribution in [0.5, 0.6) is 0 Å². The molecule has 13 heteroatoms. The zero-order valence-corrected chi connectivity index (χ0v) is 20.6. The molecule has 0 saturated carbocycles. The molecule has 3 fully saturated rings. The summed E-state index contributed by atoms with van der Waals surface area (Å²) in [6, 6.07) is 0.362. The van der Waals surface area contributed by atoms with Gasteiger partial charge in [-0.25, -0.2) is 9.59 Å². The minimum absolute atomic E-state index is 0.00172. The molecule has 0 aromatic carbocycles. The van der Waals surface area contributed by atoms with Crippen LogP contribution >= 0.6 is 11.8 Å². The van der Waals surface area contributed by atoms with Crippen LogP contribution in [0.25, 0.3) is 0 Å². The third kappa shape index (κ3) is 8.97. The summed E-state index contributed by atoms with van der Waals surface area (Å²) in [7, 11) is 0. The molecule has 35 heavy (non-hydrogen) atoms. The summed E-state index contributed by atoms with van der Waals surface area (Å²) >= 11 is 1.88. The Balaban J connectivity index is 1.07. The Labute approximate surface area is 208 Å². The molecule has 3 aliphatic rings. The molecule has 5 amide bonds. The molecule has 3 rings (SSSR count). The van der Waals surface area contributed by atoms with Crippen LogP contribution in [0.3, 0.4) is 0 Å². The number of amides is 5. The molecule has 3 atom stereocenters. The third-order valence-corrected chi connectivity index (χ3v) is 7.40. The van der Waals surface area contributed by atoms with E-state index in [4.69, 9.17) is 14.3 Å². The Morgan fingerprint density at radius 2 is 1.69 bits per heavy atom. The van der Waals surface area contributed by atoms with Gasteiger partial charge in [0.2, 0.25) is 5.91 Å². The number of hydrogen-bond acceptors (Lipinski definition) is 9. The second kappa shape index (κ2) is 14.2. The van der Waals surface area contributed by atoms with E-state index >= 15 is 0 Å². The van der Waals surface area contributed by atoms with Crippen LogP contribution in [-0.4, -0.2) is 90.8 Å². The number of ether oxygens (including phenoxy) is 2. The zero-order valence-electron chi connectivity index (χ0n) is 19.8. The number of hydroxylamine groups is 2. The molecule has 196 valence electrons. The summed E-state index contributed by atoms with van der Waals surface area (Å²) in [5.41, 5.74) is 0. The lowest BCUT2D eigenvalue weighted by molar-refractivity contribution is -0.197. The van der Waals surface area contributed by atoms with Crippen molar-refractivity contribution in [3.8, 4) is 0 Å². The van der Waals surface area contributed by atoms with Crippen molar-refractivity contribution >= 4 is 41.5 Å². The molecular weight excluding hydrogens is 480 g/mol. The van der Waals surface area contributed by atoms with Crippen LogP contribution in [0, 0.1) is 0 Å². The number of unbranched alkanes of at least 4 members (excludes halogenated alkanes) is 1. The van der Waals surface area contributed by atoms with Crippen molar-refractivity contribution in [3.63, 3.8) is 0 Å². The van der Waals surface area contributed by atoms with Gasteiger partial charge >= 0.3 is 12.0 Å². The highest BCUT2D eigenvalue weighted by molar-refractivity contribution is 8.00. The molecule has 0 radical (unpaired) electrons. The average Bonchev–Trinajstić information content (AvgIpc) is 3.48. The smallest absolute Gasteiger partial charge is 0.333 e. The standard InChI is InChI=1S/C22H34N4O8S/c27-17(5-2-1-4-16-21-15(14-35-16)24-22(31)25-21)23-9-11-33-13-12-32-10-3-6-20(30)34-26-18(28)7-8-19(26)29/h15-16,21H,1-14H2,(H,23,27)(H2,24,25,31). The molecule has 3 heterocycles. The van der Waals surface area contributed by atoms with E-state index in [1.807, 2.05) is 11.8 Å². The summed E-state index contributed by atoms with van der Waals surface area (Å²) in [6.45, 7) is 1.85. The van der Waals surface area contributed by atoms with Gasteiger partial charge in [0.1, 0.15) is 0 Å². The quantitative estimate of drug-likeness (QED) is 0.149. The Morgan fingerprint density at radius 3 is 2.46 bits per heavy atom. The van der Waals surface area contributed by atoms with Gasteiger partial charge in [0.05, 0.1) is 38.3 Å². The maximum Gasteiger partial charge on any atom is 0.333 e. The second-order valence-corrected chi connectivity index (χ2v) is 9.86. The minimum Gasteiger partial charge on any atom is -0.379 e. The lowest BCUT2D eigenvalue weighted by atomic mass is 10.0. The summed E-state index contributed by atoms with van der Waals surface area (Å²) in [6.07, 6.45) is 3.81. The number of fused-ring (bicyclic) bond motifs is 1. The first-order chi connectivity index (χ1) is 16.9. The number of nitrogens with one attached hydrogen (secondary N) is 3. The van der Waals surface area contributed by atoms with Gasteiger partial charge in [-0.1, -0.05) is 6.42 Å². The fourth-order valence-corrected chi connectivity index (χ4v) is 5.61. The molecular formula is C22H34N4O8S. The van der Waals surface area contributed by atoms with E-state index in [0.717, 1.165) is 25.0 Å². The van der Waals surface area contributed by atoms with E-state index in [-0.39, 0.29) is 43.3 Å². The largest absolute Gasteiger partial charge is 0.379 e. The molecule has 0 aliphatic carbocycles. The highest BCUT2D eigenvalue weighted by Gasteiger charge is 2.42. The van der Waals surface area contributed by atoms with Gasteiger partial charge in [-0.3, -0.25) is 14.4 Å². The molecule has 3 unspecified atom stereocenters. The Kier molecular flexibility index (Phi) is 11.1. The van der Waals surface area contributed by atoms with E-state index in [9.17, 15) is 24.0 Å². The number of urea groups is 1. The maximum atomic E-state index is 11.9. The fourth-order valence-electron chi connectivity index (χ4n) is 4.07. The van der Waals surface area contributed by atoms with Gasteiger partial charge in [0, 0.05) is 43.4 Å². The Morgan fingerprint density at radius 1 is 0.943 bits per heavy atom. The van der Waals surface area contributed by atoms with Gasteiger partial charge in [0.15, 0.2) is 0 Å². The monoisotopic (exact) mass is 514 g/mol. The first-order valence-corrected chi connectivity index (χ1v) is 13.2. The molecule has 3 aliphatic heterocycles. The Bertz CT molecular complexity index is 767. The van der Waals surface area contributed by atoms with Gasteiger partial charge < -0.3 is 30.3 Å². The molecule has 12 nitrogen and oxygen atoms in total. The van der Waals surface area contributed by atoms with Gasteiger partial charge in [-0.2, -0.15) is 11.8 Å². The van der Waals surface area contributed by atoms with Crippen LogP contribution in [-0.2, 0) is 33.5 Å². The summed E-state index contributed by atoms with van der Waals surface area (Å²) in [5, 5.41) is 9.69. The first kappa shape index (κ1) is 27.2. The molecule has 0 spiro atoms. The topological polar surface area (TPSA) is 152 Å². The fraction of sp³-hybridized carbons (Fsp3) is 0.773. The minimum atomic E-state index is -0.644. The number of imide groups is 1. The normalized spacial score (nSPS) is 23.3. The van der Waals surface area contributed by atoms with Gasteiger partial charge in [0.25, 0.3) is 11.8 Å². The first-order valence-electron chi connectivity index (χ1n) is 12.1. The third-order valence-electron chi connectivity index (χ3n) is 5.89. The molecule has 3 saturated heterocycles. The van der Waals surface area contributed by atoms with Crippen LogP contribution in [0.15, 0.2) is 0 Å². The predicted molar refractivity (Wildman–Crippen MR) is 125 cm³/mol. The van der Waals surface area contributed by atoms with E-state index in [0.29, 0.717) is 56.1 Å². The number of hydrogen-bond donors (Lipinski definition) is 3.